The Bertz CT molecular complexity index is 600. The molecule has 1 aromatic carbocycles. The maximum absolute atomic E-state index is 11.9. The number of sulfonamides is 1. The quantitative estimate of drug-likeness (QED) is 0.758. The van der Waals surface area contributed by atoms with E-state index in [4.69, 9.17) is 5.73 Å². The summed E-state index contributed by atoms with van der Waals surface area (Å²) in [7, 11) is -3.50. The molecule has 1 fully saturated rings. The molecule has 0 spiro atoms. The molecule has 1 atom stereocenters. The first-order chi connectivity index (χ1) is 8.08. The molecule has 2 aliphatic heterocycles. The van der Waals surface area contributed by atoms with Crippen LogP contribution in [-0.2, 0) is 10.0 Å². The molecule has 1 aromatic rings. The van der Waals surface area contributed by atoms with Crippen LogP contribution in [0.4, 0.5) is 0 Å². The van der Waals surface area contributed by atoms with Gasteiger partial charge >= 0.3 is 0 Å². The minimum atomic E-state index is -3.50. The number of hydrogen-bond donors (Lipinski definition) is 1. The molecule has 1 unspecified atom stereocenters. The van der Waals surface area contributed by atoms with Crippen LogP contribution < -0.4 is 5.73 Å². The summed E-state index contributed by atoms with van der Waals surface area (Å²) in [6, 6.07) is 7.03. The summed E-state index contributed by atoms with van der Waals surface area (Å²) in [6.45, 7) is 1.44. The van der Waals surface area contributed by atoms with E-state index in [9.17, 15) is 8.42 Å². The molecule has 2 N–H and O–H groups in total. The maximum atomic E-state index is 11.9. The Balaban J connectivity index is 0.00000120. The number of hydrogen-bond acceptors (Lipinski definition) is 4. The van der Waals surface area contributed by atoms with E-state index in [0.29, 0.717) is 22.8 Å². The highest BCUT2D eigenvalue weighted by Gasteiger charge is 2.33. The van der Waals surface area contributed by atoms with Gasteiger partial charge in [0.25, 0.3) is 10.0 Å². The van der Waals surface area contributed by atoms with Crippen molar-refractivity contribution in [3.05, 3.63) is 29.8 Å². The predicted molar refractivity (Wildman–Crippen MR) is 71.6 cm³/mol. The normalized spacial score (nSPS) is 24.4. The van der Waals surface area contributed by atoms with E-state index in [1.54, 1.807) is 18.2 Å². The van der Waals surface area contributed by atoms with Gasteiger partial charge in [-0.05, 0) is 18.6 Å². The molecule has 7 heteroatoms. The lowest BCUT2D eigenvalue weighted by molar-refractivity contribution is 0.511. The summed E-state index contributed by atoms with van der Waals surface area (Å²) in [5.41, 5.74) is 6.53. The third-order valence-electron chi connectivity index (χ3n) is 3.14. The van der Waals surface area contributed by atoms with Crippen LogP contribution in [0.3, 0.4) is 0 Å². The number of fused-ring (bicyclic) bond motifs is 1. The molecule has 0 bridgehead atoms. The topological polar surface area (TPSA) is 75.8 Å². The van der Waals surface area contributed by atoms with Gasteiger partial charge < -0.3 is 10.6 Å². The number of nitrogens with zero attached hydrogens (tertiary/aromatic N) is 2. The van der Waals surface area contributed by atoms with Crippen LogP contribution in [0.2, 0.25) is 0 Å². The van der Waals surface area contributed by atoms with E-state index in [1.165, 1.54) is 0 Å². The number of halogens is 1. The number of likely N-dealkylation sites (tertiary alicyclic amines) is 1. The van der Waals surface area contributed by atoms with Gasteiger partial charge in [0.05, 0.1) is 0 Å². The average Bonchev–Trinajstić information content (AvgIpc) is 2.82. The highest BCUT2D eigenvalue weighted by Crippen LogP contribution is 2.28. The molecule has 0 radical (unpaired) electrons. The molecule has 18 heavy (non-hydrogen) atoms. The molecule has 2 aliphatic rings. The zero-order valence-corrected chi connectivity index (χ0v) is 11.2. The number of benzene rings is 1. The van der Waals surface area contributed by atoms with Crippen molar-refractivity contribution in [3.8, 4) is 0 Å². The fraction of sp³-hybridized carbons (Fsp3) is 0.364. The molecular formula is C11H14ClN3O2S. The summed E-state index contributed by atoms with van der Waals surface area (Å²) in [5.74, 6) is 0.550. The average molecular weight is 288 g/mol. The standard InChI is InChI=1S/C11H13N3O2S.ClH/c12-8-5-6-14(7-8)11-9-3-1-2-4-10(9)17(15,16)13-11;/h1-4,8H,5-7,12H2;1H. The van der Waals surface area contributed by atoms with Crippen molar-refractivity contribution in [2.24, 2.45) is 10.1 Å². The van der Waals surface area contributed by atoms with Gasteiger partial charge in [-0.3, -0.25) is 0 Å². The van der Waals surface area contributed by atoms with Crippen molar-refractivity contribution in [1.29, 1.82) is 0 Å². The Morgan fingerprint density at radius 2 is 2.06 bits per heavy atom. The second-order valence-electron chi connectivity index (χ2n) is 4.38. The lowest BCUT2D eigenvalue weighted by atomic mass is 10.2. The Morgan fingerprint density at radius 1 is 1.33 bits per heavy atom. The van der Waals surface area contributed by atoms with Crippen LogP contribution in [-0.4, -0.2) is 38.3 Å². The fourth-order valence-electron chi connectivity index (χ4n) is 2.30. The summed E-state index contributed by atoms with van der Waals surface area (Å²) in [6.07, 6.45) is 0.876. The summed E-state index contributed by atoms with van der Waals surface area (Å²) >= 11 is 0. The van der Waals surface area contributed by atoms with Crippen molar-refractivity contribution in [1.82, 2.24) is 4.90 Å². The SMILES string of the molecule is Cl.NC1CCN(C2=NS(=O)(=O)c3ccccc32)C1. The van der Waals surface area contributed by atoms with Crippen LogP contribution in [0, 0.1) is 0 Å². The number of rotatable bonds is 0. The fourth-order valence-corrected chi connectivity index (χ4v) is 3.52. The summed E-state index contributed by atoms with van der Waals surface area (Å²) in [4.78, 5) is 2.25. The van der Waals surface area contributed by atoms with E-state index in [2.05, 4.69) is 4.40 Å². The van der Waals surface area contributed by atoms with Crippen molar-refractivity contribution in [2.45, 2.75) is 17.4 Å². The third kappa shape index (κ3) is 2.00. The molecule has 0 aromatic heterocycles. The zero-order chi connectivity index (χ0) is 12.0. The molecule has 3 rings (SSSR count). The van der Waals surface area contributed by atoms with Gasteiger partial charge in [-0.25, -0.2) is 0 Å². The molecule has 0 saturated carbocycles. The van der Waals surface area contributed by atoms with E-state index in [1.807, 2.05) is 11.0 Å². The van der Waals surface area contributed by atoms with Crippen molar-refractivity contribution < 1.29 is 8.42 Å². The van der Waals surface area contributed by atoms with Gasteiger partial charge in [0, 0.05) is 24.7 Å². The van der Waals surface area contributed by atoms with E-state index < -0.39 is 10.0 Å². The highest BCUT2D eigenvalue weighted by molar-refractivity contribution is 7.90. The van der Waals surface area contributed by atoms with Gasteiger partial charge in [0.1, 0.15) is 4.90 Å². The van der Waals surface area contributed by atoms with Crippen LogP contribution in [0.1, 0.15) is 12.0 Å². The van der Waals surface area contributed by atoms with Crippen LogP contribution in [0.25, 0.3) is 0 Å². The van der Waals surface area contributed by atoms with Crippen molar-refractivity contribution >= 4 is 28.3 Å². The zero-order valence-electron chi connectivity index (χ0n) is 9.61. The Labute approximate surface area is 112 Å². The first-order valence-corrected chi connectivity index (χ1v) is 6.97. The monoisotopic (exact) mass is 287 g/mol. The smallest absolute Gasteiger partial charge is 0.285 e. The van der Waals surface area contributed by atoms with E-state index in [-0.39, 0.29) is 18.4 Å². The first kappa shape index (κ1) is 13.3. The molecule has 2 heterocycles. The van der Waals surface area contributed by atoms with Crippen molar-refractivity contribution in [3.63, 3.8) is 0 Å². The second-order valence-corrected chi connectivity index (χ2v) is 5.95. The van der Waals surface area contributed by atoms with E-state index >= 15 is 0 Å². The van der Waals surface area contributed by atoms with Gasteiger partial charge in [0.15, 0.2) is 5.84 Å². The molecular weight excluding hydrogens is 274 g/mol. The third-order valence-corrected chi connectivity index (χ3v) is 4.46. The summed E-state index contributed by atoms with van der Waals surface area (Å²) in [5, 5.41) is 0. The minimum Gasteiger partial charge on any atom is -0.354 e. The number of nitrogens with two attached hydrogens (primary N) is 1. The van der Waals surface area contributed by atoms with Crippen LogP contribution >= 0.6 is 12.4 Å². The molecule has 98 valence electrons. The minimum absolute atomic E-state index is 0. The molecule has 1 saturated heterocycles. The molecule has 5 nitrogen and oxygen atoms in total. The van der Waals surface area contributed by atoms with Crippen LogP contribution in [0.15, 0.2) is 33.6 Å². The number of amidine groups is 1. The highest BCUT2D eigenvalue weighted by atomic mass is 35.5. The largest absolute Gasteiger partial charge is 0.354 e. The Hall–Kier alpha value is -1.11. The lowest BCUT2D eigenvalue weighted by Gasteiger charge is -2.17. The van der Waals surface area contributed by atoms with E-state index in [0.717, 1.165) is 13.0 Å². The van der Waals surface area contributed by atoms with Crippen LogP contribution in [0.5, 0.6) is 0 Å². The first-order valence-electron chi connectivity index (χ1n) is 5.53. The van der Waals surface area contributed by atoms with Gasteiger partial charge in [-0.2, -0.15) is 8.42 Å². The van der Waals surface area contributed by atoms with Gasteiger partial charge in [0.2, 0.25) is 0 Å². The maximum Gasteiger partial charge on any atom is 0.285 e. The second kappa shape index (κ2) is 4.53. The lowest BCUT2D eigenvalue weighted by Crippen LogP contribution is -2.31. The van der Waals surface area contributed by atoms with Gasteiger partial charge in [-0.15, -0.1) is 16.8 Å². The molecule has 0 aliphatic carbocycles. The summed E-state index contributed by atoms with van der Waals surface area (Å²) < 4.78 is 27.6. The van der Waals surface area contributed by atoms with Gasteiger partial charge in [-0.1, -0.05) is 12.1 Å². The predicted octanol–water partition coefficient (Wildman–Crippen LogP) is 0.590. The van der Waals surface area contributed by atoms with Crippen molar-refractivity contribution in [2.75, 3.05) is 13.1 Å². The molecule has 0 amide bonds. The Morgan fingerprint density at radius 3 is 2.72 bits per heavy atom. The Kier molecular flexibility index (Phi) is 3.35.